The molecule has 1 saturated heterocycles. The molecule has 8 nitrogen and oxygen atoms in total. The topological polar surface area (TPSA) is 84.2 Å². The first-order chi connectivity index (χ1) is 12.0. The first-order valence-electron chi connectivity index (χ1n) is 7.75. The summed E-state index contributed by atoms with van der Waals surface area (Å²) in [4.78, 5) is 27.2. The Morgan fingerprint density at radius 1 is 1.12 bits per heavy atom. The fourth-order valence-corrected chi connectivity index (χ4v) is 3.42. The molecule has 0 N–H and O–H groups in total. The van der Waals surface area contributed by atoms with E-state index < -0.39 is 0 Å². The van der Waals surface area contributed by atoms with Crippen molar-refractivity contribution in [2.75, 3.05) is 31.9 Å². The van der Waals surface area contributed by atoms with Crippen LogP contribution >= 0.6 is 23.4 Å². The van der Waals surface area contributed by atoms with Crippen LogP contribution in [0.1, 0.15) is 6.92 Å². The number of rotatable bonds is 4. The van der Waals surface area contributed by atoms with Crippen molar-refractivity contribution < 1.29 is 9.59 Å². The number of carbonyl (C=O) groups is 2. The van der Waals surface area contributed by atoms with Crippen molar-refractivity contribution in [3.05, 3.63) is 29.3 Å². The van der Waals surface area contributed by atoms with Crippen LogP contribution in [0.2, 0.25) is 5.02 Å². The SMILES string of the molecule is CC(=O)N1CCN(C(=O)CSc2nnnn2-c2ccc(Cl)cc2)CC1. The quantitative estimate of drug-likeness (QED) is 0.738. The molecule has 0 radical (unpaired) electrons. The van der Waals surface area contributed by atoms with Gasteiger partial charge in [-0.1, -0.05) is 23.4 Å². The van der Waals surface area contributed by atoms with Gasteiger partial charge >= 0.3 is 0 Å². The molecule has 1 aromatic heterocycles. The second-order valence-electron chi connectivity index (χ2n) is 5.53. The van der Waals surface area contributed by atoms with E-state index in [4.69, 9.17) is 11.6 Å². The summed E-state index contributed by atoms with van der Waals surface area (Å²) in [6.45, 7) is 3.81. The molecule has 0 spiro atoms. The van der Waals surface area contributed by atoms with Crippen molar-refractivity contribution in [1.29, 1.82) is 0 Å². The Labute approximate surface area is 154 Å². The number of benzene rings is 1. The average molecular weight is 381 g/mol. The molecule has 10 heteroatoms. The lowest BCUT2D eigenvalue weighted by molar-refractivity contribution is -0.136. The van der Waals surface area contributed by atoms with Crippen molar-refractivity contribution >= 4 is 35.2 Å². The van der Waals surface area contributed by atoms with Crippen molar-refractivity contribution in [1.82, 2.24) is 30.0 Å². The molecule has 0 saturated carbocycles. The van der Waals surface area contributed by atoms with E-state index in [0.29, 0.717) is 36.4 Å². The summed E-state index contributed by atoms with van der Waals surface area (Å²) in [7, 11) is 0. The number of hydrogen-bond donors (Lipinski definition) is 0. The average Bonchev–Trinajstić information content (AvgIpc) is 3.09. The van der Waals surface area contributed by atoms with Gasteiger partial charge in [-0.25, -0.2) is 0 Å². The van der Waals surface area contributed by atoms with E-state index in [0.717, 1.165) is 5.69 Å². The molecule has 2 aromatic rings. The van der Waals surface area contributed by atoms with Gasteiger partial charge in [0.05, 0.1) is 11.4 Å². The lowest BCUT2D eigenvalue weighted by atomic mass is 10.3. The minimum Gasteiger partial charge on any atom is -0.339 e. The Morgan fingerprint density at radius 2 is 1.76 bits per heavy atom. The molecule has 1 aliphatic heterocycles. The Hall–Kier alpha value is -2.13. The highest BCUT2D eigenvalue weighted by Gasteiger charge is 2.23. The molecule has 0 bridgehead atoms. The molecule has 2 heterocycles. The van der Waals surface area contributed by atoms with Gasteiger partial charge in [-0.15, -0.1) is 5.10 Å². The van der Waals surface area contributed by atoms with E-state index in [1.165, 1.54) is 11.8 Å². The van der Waals surface area contributed by atoms with E-state index in [1.54, 1.807) is 33.5 Å². The van der Waals surface area contributed by atoms with Crippen molar-refractivity contribution in [3.63, 3.8) is 0 Å². The monoisotopic (exact) mass is 380 g/mol. The van der Waals surface area contributed by atoms with Gasteiger partial charge in [0.2, 0.25) is 17.0 Å². The summed E-state index contributed by atoms with van der Waals surface area (Å²) in [6.07, 6.45) is 0. The number of hydrogen-bond acceptors (Lipinski definition) is 6. The summed E-state index contributed by atoms with van der Waals surface area (Å²) in [5, 5.41) is 12.8. The van der Waals surface area contributed by atoms with E-state index in [9.17, 15) is 9.59 Å². The van der Waals surface area contributed by atoms with Crippen LogP contribution in [0.15, 0.2) is 29.4 Å². The third-order valence-corrected chi connectivity index (χ3v) is 5.07. The van der Waals surface area contributed by atoms with Gasteiger partial charge in [0.25, 0.3) is 0 Å². The third kappa shape index (κ3) is 4.29. The summed E-state index contributed by atoms with van der Waals surface area (Å²) >= 11 is 7.17. The first kappa shape index (κ1) is 17.7. The smallest absolute Gasteiger partial charge is 0.233 e. The number of aromatic nitrogens is 4. The lowest BCUT2D eigenvalue weighted by Gasteiger charge is -2.34. The van der Waals surface area contributed by atoms with Gasteiger partial charge in [0, 0.05) is 38.1 Å². The van der Waals surface area contributed by atoms with E-state index >= 15 is 0 Å². The molecule has 0 atom stereocenters. The maximum atomic E-state index is 12.4. The number of piperazine rings is 1. The molecular formula is C15H17ClN6O2S. The molecule has 132 valence electrons. The largest absolute Gasteiger partial charge is 0.339 e. The van der Waals surface area contributed by atoms with Gasteiger partial charge in [-0.2, -0.15) is 4.68 Å². The number of nitrogens with zero attached hydrogens (tertiary/aromatic N) is 6. The number of tetrazole rings is 1. The van der Waals surface area contributed by atoms with E-state index in [-0.39, 0.29) is 17.6 Å². The van der Waals surface area contributed by atoms with Crippen LogP contribution < -0.4 is 0 Å². The molecule has 2 amide bonds. The zero-order valence-corrected chi connectivity index (χ0v) is 15.2. The van der Waals surface area contributed by atoms with Crippen LogP contribution in [0.5, 0.6) is 0 Å². The van der Waals surface area contributed by atoms with Crippen molar-refractivity contribution in [2.45, 2.75) is 12.1 Å². The number of thioether (sulfide) groups is 1. The zero-order valence-electron chi connectivity index (χ0n) is 13.6. The van der Waals surface area contributed by atoms with Gasteiger partial charge in [-0.05, 0) is 34.7 Å². The predicted molar refractivity (Wildman–Crippen MR) is 93.7 cm³/mol. The van der Waals surface area contributed by atoms with Crippen LogP contribution in [-0.4, -0.2) is 73.8 Å². The Morgan fingerprint density at radius 3 is 2.40 bits per heavy atom. The van der Waals surface area contributed by atoms with Gasteiger partial charge in [-0.3, -0.25) is 9.59 Å². The molecule has 0 unspecified atom stereocenters. The molecule has 25 heavy (non-hydrogen) atoms. The summed E-state index contributed by atoms with van der Waals surface area (Å²) in [5.74, 6) is 0.302. The van der Waals surface area contributed by atoms with Crippen LogP contribution in [0.3, 0.4) is 0 Å². The Bertz CT molecular complexity index is 758. The molecule has 0 aliphatic carbocycles. The first-order valence-corrected chi connectivity index (χ1v) is 9.11. The van der Waals surface area contributed by atoms with Crippen LogP contribution in [0, 0.1) is 0 Å². The fourth-order valence-electron chi connectivity index (χ4n) is 2.50. The summed E-state index contributed by atoms with van der Waals surface area (Å²) in [5.41, 5.74) is 0.777. The highest BCUT2D eigenvalue weighted by Crippen LogP contribution is 2.20. The number of carbonyl (C=O) groups excluding carboxylic acids is 2. The Kier molecular flexibility index (Phi) is 5.54. The van der Waals surface area contributed by atoms with Crippen LogP contribution in [0.4, 0.5) is 0 Å². The molecule has 1 aliphatic rings. The predicted octanol–water partition coefficient (Wildman–Crippen LogP) is 1.10. The standard InChI is InChI=1S/C15H17ClN6O2S/c1-11(23)20-6-8-21(9-7-20)14(24)10-25-15-17-18-19-22(15)13-4-2-12(16)3-5-13/h2-5H,6-10H2,1H3. The van der Waals surface area contributed by atoms with Gasteiger partial charge < -0.3 is 9.80 Å². The highest BCUT2D eigenvalue weighted by molar-refractivity contribution is 7.99. The molecule has 1 aromatic carbocycles. The fraction of sp³-hybridized carbons (Fsp3) is 0.400. The molecule has 1 fully saturated rings. The summed E-state index contributed by atoms with van der Waals surface area (Å²) in [6, 6.07) is 7.14. The van der Waals surface area contributed by atoms with Gasteiger partial charge in [0.15, 0.2) is 0 Å². The number of amides is 2. The highest BCUT2D eigenvalue weighted by atomic mass is 35.5. The second kappa shape index (κ2) is 7.83. The maximum absolute atomic E-state index is 12.4. The van der Waals surface area contributed by atoms with Crippen molar-refractivity contribution in [2.24, 2.45) is 0 Å². The Balaban J connectivity index is 1.58. The zero-order chi connectivity index (χ0) is 17.8. The maximum Gasteiger partial charge on any atom is 0.233 e. The van der Waals surface area contributed by atoms with Crippen molar-refractivity contribution in [3.8, 4) is 5.69 Å². The van der Waals surface area contributed by atoms with Crippen LogP contribution in [0.25, 0.3) is 5.69 Å². The minimum atomic E-state index is 0.0128. The molecular weight excluding hydrogens is 364 g/mol. The lowest BCUT2D eigenvalue weighted by Crippen LogP contribution is -2.50. The number of halogens is 1. The van der Waals surface area contributed by atoms with E-state index in [2.05, 4.69) is 15.5 Å². The third-order valence-electron chi connectivity index (χ3n) is 3.91. The van der Waals surface area contributed by atoms with E-state index in [1.807, 2.05) is 12.1 Å². The van der Waals surface area contributed by atoms with Crippen LogP contribution in [-0.2, 0) is 9.59 Å². The molecule has 3 rings (SSSR count). The summed E-state index contributed by atoms with van der Waals surface area (Å²) < 4.78 is 1.57. The van der Waals surface area contributed by atoms with Gasteiger partial charge in [0.1, 0.15) is 0 Å². The normalized spacial score (nSPS) is 14.6. The minimum absolute atomic E-state index is 0.0128. The second-order valence-corrected chi connectivity index (χ2v) is 6.90.